The second kappa shape index (κ2) is 39.3. The monoisotopic (exact) mass is 1690 g/mol. The van der Waals surface area contributed by atoms with Crippen LogP contribution in [0.15, 0.2) is 146 Å². The summed E-state index contributed by atoms with van der Waals surface area (Å²) in [5.41, 5.74) is 27.5. The molecule has 0 bridgehead atoms. The van der Waals surface area contributed by atoms with Crippen molar-refractivity contribution < 1.29 is 47.8 Å². The molecule has 4 fully saturated rings. The Balaban J connectivity index is 0.000000143. The maximum atomic E-state index is 12.1. The number of fused-ring (bicyclic) bond motifs is 4. The van der Waals surface area contributed by atoms with Crippen LogP contribution < -0.4 is 21.3 Å². The van der Waals surface area contributed by atoms with Crippen molar-refractivity contribution in [3.8, 4) is 45.0 Å². The lowest BCUT2D eigenvalue weighted by Gasteiger charge is -2.37. The van der Waals surface area contributed by atoms with E-state index in [0.29, 0.717) is 72.7 Å². The average Bonchev–Trinajstić information content (AvgIpc) is 1.64. The van der Waals surface area contributed by atoms with Crippen molar-refractivity contribution in [3.63, 3.8) is 0 Å². The first-order chi connectivity index (χ1) is 59.9. The van der Waals surface area contributed by atoms with Crippen molar-refractivity contribution >= 4 is 70.0 Å². The van der Waals surface area contributed by atoms with Gasteiger partial charge in [0.15, 0.2) is 0 Å². The van der Waals surface area contributed by atoms with Gasteiger partial charge in [0.25, 0.3) is 23.6 Å². The number of pyridine rings is 4. The number of morpholine rings is 1. The number of carbonyl (C=O) groups excluding carboxylic acids is 8. The van der Waals surface area contributed by atoms with Gasteiger partial charge in [-0.2, -0.15) is 0 Å². The number of aromatic nitrogens is 8. The third-order valence-electron chi connectivity index (χ3n) is 25.0. The summed E-state index contributed by atoms with van der Waals surface area (Å²) in [5, 5.41) is 10.7. The van der Waals surface area contributed by atoms with Crippen LogP contribution >= 0.6 is 0 Å². The van der Waals surface area contributed by atoms with Gasteiger partial charge in [0, 0.05) is 170 Å². The SMILES string of the molecule is CNC(=O)c1ccc(-c2nc3cc(C)ccn3c2CC2CCN(C(=O)OC)CC2)c(C)c1.CNC(=O)c1ccc(-c2nc3cc(C)ccn3c2CC2CCN(C(C)=O)C2)c(C)c1.CNC(=O)c1ccc(-c2nc3cc(C)ccn3c2CC2CCN(C(C)=O)CC2)c(C)c1.CNC(=O)c1ccc(-c2nc3cc(C)ccn3c2C[C@H]2CN(C(C)=O)[C@@H](C)CO2)c(C)c1. The molecule has 4 saturated heterocycles. The molecular weight excluding hydrogens is 1570 g/mol. The standard InChI is InChI=1S/2C25H30N4O3.C25H30N4O2.C24H28N4O2/c1-15-8-9-28-22(12-20-13-29(18(4)30)17(3)14-32-20)24(27-23(28)10-15)21-7-6-19(11-16(21)2)25(31)26-5;1-16-7-12-29-21(15-18-8-10-28(11-9-18)25(31)32-4)23(27-22(29)13-16)20-6-5-19(14-17(20)2)24(30)26-3;1-16-7-12-29-22(15-19-8-10-28(11-9-19)18(3)30)24(27-23(29)13-16)21-6-5-20(14-17(21)2)25(31)26-4;1-15-7-10-28-21(13-18-8-9-27(14-18)17(3)29)23(26-22(28)11-15)20-6-5-19(12-16(20)2)24(30)25-4/h6-11,17,20H,12-14H2,1-5H3,(H,26,31);5-7,12-14,18H,8-11,15H2,1-4H3,(H,26,30);5-7,12-14,19H,8-11,15H2,1-4H3,(H,26,31);5-7,10-12,18H,8-9,13-14H2,1-4H3,(H,25,30)/t17-,20-;;;/m0.../s1. The van der Waals surface area contributed by atoms with Crippen LogP contribution in [-0.2, 0) is 49.5 Å². The summed E-state index contributed by atoms with van der Waals surface area (Å²) in [5.74, 6) is 1.39. The molecular formula is C99H118N16O10. The fourth-order valence-electron chi connectivity index (χ4n) is 17.9. The van der Waals surface area contributed by atoms with E-state index in [-0.39, 0.29) is 59.6 Å². The first-order valence-electron chi connectivity index (χ1n) is 43.4. The lowest BCUT2D eigenvalue weighted by Crippen LogP contribution is -2.50. The summed E-state index contributed by atoms with van der Waals surface area (Å²) in [6, 6.07) is 39.8. The van der Waals surface area contributed by atoms with Crippen LogP contribution in [0.2, 0.25) is 0 Å². The molecule has 0 aliphatic carbocycles. The van der Waals surface area contributed by atoms with Gasteiger partial charge in [0.1, 0.15) is 22.6 Å². The van der Waals surface area contributed by atoms with Gasteiger partial charge >= 0.3 is 6.09 Å². The highest BCUT2D eigenvalue weighted by Crippen LogP contribution is 2.38. The van der Waals surface area contributed by atoms with Gasteiger partial charge in [-0.25, -0.2) is 24.7 Å². The number of nitrogens with zero attached hydrogens (tertiary/aromatic N) is 12. The molecule has 12 heterocycles. The summed E-state index contributed by atoms with van der Waals surface area (Å²) in [7, 11) is 7.98. The van der Waals surface area contributed by atoms with E-state index in [1.54, 1.807) is 53.9 Å². The van der Waals surface area contributed by atoms with Crippen molar-refractivity contribution in [2.45, 2.75) is 153 Å². The second-order valence-electron chi connectivity index (χ2n) is 34.1. The van der Waals surface area contributed by atoms with Crippen LogP contribution in [-0.4, -0.2) is 204 Å². The van der Waals surface area contributed by atoms with Crippen molar-refractivity contribution in [1.82, 2.24) is 78.4 Å². The van der Waals surface area contributed by atoms with Crippen molar-refractivity contribution in [1.29, 1.82) is 0 Å². The van der Waals surface area contributed by atoms with Gasteiger partial charge in [0.05, 0.1) is 71.4 Å². The van der Waals surface area contributed by atoms with Crippen LogP contribution in [0.1, 0.15) is 169 Å². The number of hydrogen-bond donors (Lipinski definition) is 4. The Labute approximate surface area is 731 Å². The van der Waals surface area contributed by atoms with Crippen molar-refractivity contribution in [3.05, 3.63) is 236 Å². The maximum Gasteiger partial charge on any atom is 0.409 e. The molecule has 8 aromatic heterocycles. The molecule has 0 radical (unpaired) electrons. The smallest absolute Gasteiger partial charge is 0.409 e. The summed E-state index contributed by atoms with van der Waals surface area (Å²) < 4.78 is 19.6. The summed E-state index contributed by atoms with van der Waals surface area (Å²) >= 11 is 0. The lowest BCUT2D eigenvalue weighted by molar-refractivity contribution is -0.141. The summed E-state index contributed by atoms with van der Waals surface area (Å²) in [6.45, 7) is 29.0. The number of imidazole rings is 4. The highest BCUT2D eigenvalue weighted by Gasteiger charge is 2.34. The number of hydrogen-bond acceptors (Lipinski definition) is 14. The average molecular weight is 1690 g/mol. The topological polar surface area (TPSA) is 285 Å². The van der Waals surface area contributed by atoms with Crippen LogP contribution in [0.5, 0.6) is 0 Å². The van der Waals surface area contributed by atoms with Crippen LogP contribution in [0, 0.1) is 73.1 Å². The fraction of sp³-hybridized carbons (Fsp3) is 0.394. The third-order valence-corrected chi connectivity index (χ3v) is 25.0. The minimum atomic E-state index is -0.249. The Bertz CT molecular complexity index is 6070. The molecule has 125 heavy (non-hydrogen) atoms. The highest BCUT2D eigenvalue weighted by molar-refractivity contribution is 5.97. The maximum absolute atomic E-state index is 12.1. The number of carbonyl (C=O) groups is 8. The quantitative estimate of drug-likeness (QED) is 0.0700. The zero-order valence-electron chi connectivity index (χ0n) is 75.2. The Morgan fingerprint density at radius 2 is 0.672 bits per heavy atom. The van der Waals surface area contributed by atoms with E-state index in [1.165, 1.54) is 35.2 Å². The Hall–Kier alpha value is -12.8. The summed E-state index contributed by atoms with van der Waals surface area (Å²) in [6.07, 6.45) is 16.1. The Morgan fingerprint density at radius 3 is 0.960 bits per heavy atom. The number of piperidine rings is 2. The van der Waals surface area contributed by atoms with E-state index in [1.807, 2.05) is 135 Å². The number of benzene rings is 4. The van der Waals surface area contributed by atoms with Crippen molar-refractivity contribution in [2.24, 2.45) is 17.8 Å². The van der Waals surface area contributed by atoms with E-state index < -0.39 is 0 Å². The van der Waals surface area contributed by atoms with Crippen molar-refractivity contribution in [2.75, 3.05) is 87.7 Å². The molecule has 0 saturated carbocycles. The van der Waals surface area contributed by atoms with Gasteiger partial charge in [-0.1, -0.05) is 24.3 Å². The number of rotatable bonds is 16. The van der Waals surface area contributed by atoms with Gasteiger partial charge in [0.2, 0.25) is 17.7 Å². The third kappa shape index (κ3) is 20.3. The van der Waals surface area contributed by atoms with Gasteiger partial charge in [-0.15, -0.1) is 0 Å². The van der Waals surface area contributed by atoms with E-state index in [4.69, 9.17) is 29.4 Å². The molecule has 4 aliphatic heterocycles. The molecule has 1 unspecified atom stereocenters. The molecule has 3 atom stereocenters. The van der Waals surface area contributed by atoms with Gasteiger partial charge < -0.3 is 67.9 Å². The predicted octanol–water partition coefficient (Wildman–Crippen LogP) is 14.3. The number of methoxy groups -OCH3 is 1. The second-order valence-corrected chi connectivity index (χ2v) is 34.1. The number of amides is 8. The van der Waals surface area contributed by atoms with E-state index in [2.05, 4.69) is 127 Å². The first-order valence-corrected chi connectivity index (χ1v) is 43.4. The molecule has 16 rings (SSSR count). The van der Waals surface area contributed by atoms with E-state index in [9.17, 15) is 38.4 Å². The molecule has 26 heteroatoms. The van der Waals surface area contributed by atoms with Crippen LogP contribution in [0.25, 0.3) is 67.6 Å². The number of likely N-dealkylation sites (tertiary alicyclic amines) is 3. The molecule has 8 amide bonds. The van der Waals surface area contributed by atoms with E-state index >= 15 is 0 Å². The molecule has 4 aromatic carbocycles. The normalized spacial score (nSPS) is 16.1. The molecule has 26 nitrogen and oxygen atoms in total. The zero-order valence-corrected chi connectivity index (χ0v) is 75.2. The van der Waals surface area contributed by atoms with E-state index in [0.717, 1.165) is 184 Å². The zero-order chi connectivity index (χ0) is 89.4. The lowest BCUT2D eigenvalue weighted by atomic mass is 9.90. The first kappa shape index (κ1) is 89.9. The number of nitrogens with one attached hydrogen (secondary N) is 4. The molecule has 12 aromatic rings. The van der Waals surface area contributed by atoms with Gasteiger partial charge in [-0.3, -0.25) is 33.6 Å². The Morgan fingerprint density at radius 1 is 0.376 bits per heavy atom. The molecule has 4 N–H and O–H groups in total. The fourth-order valence-corrected chi connectivity index (χ4v) is 17.9. The highest BCUT2D eigenvalue weighted by atomic mass is 16.5. The van der Waals surface area contributed by atoms with Crippen LogP contribution in [0.3, 0.4) is 0 Å². The molecule has 4 aliphatic rings. The minimum Gasteiger partial charge on any atom is -0.453 e. The van der Waals surface area contributed by atoms with Gasteiger partial charge in [-0.05, 0) is 273 Å². The Kier molecular flexibility index (Phi) is 28.3. The minimum absolute atomic E-state index is 0.0698. The number of aryl methyl sites for hydroxylation is 8. The predicted molar refractivity (Wildman–Crippen MR) is 487 cm³/mol. The largest absolute Gasteiger partial charge is 0.453 e. The summed E-state index contributed by atoms with van der Waals surface area (Å²) in [4.78, 5) is 123. The molecule has 0 spiro atoms. The number of ether oxygens (including phenoxy) is 2. The van der Waals surface area contributed by atoms with Crippen LogP contribution in [0.4, 0.5) is 4.79 Å². The molecule has 654 valence electrons.